The van der Waals surface area contributed by atoms with E-state index in [-0.39, 0.29) is 37.8 Å². The van der Waals surface area contributed by atoms with Crippen LogP contribution in [0.2, 0.25) is 0 Å². The number of halogens is 3. The van der Waals surface area contributed by atoms with Gasteiger partial charge in [0, 0.05) is 38.1 Å². The quantitative estimate of drug-likeness (QED) is 0.497. The van der Waals surface area contributed by atoms with Crippen LogP contribution >= 0.6 is 0 Å². The van der Waals surface area contributed by atoms with Gasteiger partial charge in [0.05, 0.1) is 24.3 Å². The summed E-state index contributed by atoms with van der Waals surface area (Å²) in [4.78, 5) is 30.7. The van der Waals surface area contributed by atoms with Gasteiger partial charge in [-0.1, -0.05) is 19.1 Å². The van der Waals surface area contributed by atoms with Crippen LogP contribution in [-0.2, 0) is 30.5 Å². The number of carbonyl (C=O) groups is 2. The van der Waals surface area contributed by atoms with Gasteiger partial charge in [-0.15, -0.1) is 0 Å². The lowest BCUT2D eigenvalue weighted by Gasteiger charge is -2.28. The van der Waals surface area contributed by atoms with Crippen molar-refractivity contribution in [2.24, 2.45) is 0 Å². The normalized spacial score (nSPS) is 12.8. The number of hydrogen-bond donors (Lipinski definition) is 3. The Bertz CT molecular complexity index is 1020. The van der Waals surface area contributed by atoms with E-state index in [2.05, 4.69) is 15.6 Å². The highest BCUT2D eigenvalue weighted by atomic mass is 19.4. The number of alkyl halides is 3. The van der Waals surface area contributed by atoms with Crippen molar-refractivity contribution in [2.45, 2.75) is 32.6 Å². The second-order valence-electron chi connectivity index (χ2n) is 8.02. The Morgan fingerprint density at radius 1 is 1.25 bits per heavy atom. The molecule has 2 amide bonds. The summed E-state index contributed by atoms with van der Waals surface area (Å²) in [6.45, 7) is 3.15. The van der Waals surface area contributed by atoms with Crippen molar-refractivity contribution in [3.05, 3.63) is 64.6 Å². The van der Waals surface area contributed by atoms with Crippen LogP contribution < -0.4 is 10.6 Å². The summed E-state index contributed by atoms with van der Waals surface area (Å²) in [6.07, 6.45) is -3.76. The Kier molecular flexibility index (Phi) is 10.9. The molecule has 2 heterocycles. The SMILES string of the molecule is CC[NH-].CNCCN(Cc1ncccc1C(F)(F)F)C(=O)CNc1cccc2c1CCN(C(=O)O)C2. The lowest BCUT2D eigenvalue weighted by atomic mass is 9.98. The van der Waals surface area contributed by atoms with E-state index in [1.165, 1.54) is 22.1 Å². The minimum Gasteiger partial charge on any atom is -0.678 e. The monoisotopic (exact) mass is 509 g/mol. The number of hydrogen-bond acceptors (Lipinski definition) is 5. The molecular formula is C24H32F3N6O3-. The Labute approximate surface area is 208 Å². The maximum atomic E-state index is 13.4. The zero-order chi connectivity index (χ0) is 26.7. The van der Waals surface area contributed by atoms with E-state index in [1.54, 1.807) is 26.1 Å². The average Bonchev–Trinajstić information content (AvgIpc) is 2.84. The largest absolute Gasteiger partial charge is 0.678 e. The summed E-state index contributed by atoms with van der Waals surface area (Å²) in [6, 6.07) is 7.60. The molecule has 0 spiro atoms. The third kappa shape index (κ3) is 8.09. The Morgan fingerprint density at radius 2 is 1.97 bits per heavy atom. The average molecular weight is 510 g/mol. The van der Waals surface area contributed by atoms with Gasteiger partial charge in [0.1, 0.15) is 0 Å². The van der Waals surface area contributed by atoms with Gasteiger partial charge in [0.25, 0.3) is 0 Å². The highest BCUT2D eigenvalue weighted by Gasteiger charge is 2.34. The molecule has 0 saturated carbocycles. The van der Waals surface area contributed by atoms with Crippen LogP contribution in [0.4, 0.5) is 23.7 Å². The molecule has 0 bridgehead atoms. The molecule has 0 unspecified atom stereocenters. The van der Waals surface area contributed by atoms with Crippen LogP contribution in [0.1, 0.15) is 29.3 Å². The second kappa shape index (κ2) is 13.6. The van der Waals surface area contributed by atoms with Crippen LogP contribution in [-0.4, -0.2) is 71.7 Å². The van der Waals surface area contributed by atoms with Crippen LogP contribution in [0.5, 0.6) is 0 Å². The molecule has 36 heavy (non-hydrogen) atoms. The summed E-state index contributed by atoms with van der Waals surface area (Å²) in [7, 11) is 1.69. The van der Waals surface area contributed by atoms with Gasteiger partial charge in [0.2, 0.25) is 5.91 Å². The Balaban J connectivity index is 0.00000145. The number of nitrogens with one attached hydrogen (secondary N) is 3. The van der Waals surface area contributed by atoms with E-state index in [0.717, 1.165) is 17.2 Å². The first-order valence-corrected chi connectivity index (χ1v) is 11.5. The van der Waals surface area contributed by atoms with E-state index in [0.29, 0.717) is 31.7 Å². The van der Waals surface area contributed by atoms with E-state index in [9.17, 15) is 27.9 Å². The van der Waals surface area contributed by atoms with Crippen LogP contribution in [0, 0.1) is 0 Å². The van der Waals surface area contributed by atoms with Gasteiger partial charge in [-0.2, -0.15) is 19.7 Å². The second-order valence-corrected chi connectivity index (χ2v) is 8.02. The smallest absolute Gasteiger partial charge is 0.418 e. The van der Waals surface area contributed by atoms with Crippen molar-refractivity contribution in [2.75, 3.05) is 45.1 Å². The van der Waals surface area contributed by atoms with Crippen LogP contribution in [0.15, 0.2) is 36.5 Å². The first-order valence-electron chi connectivity index (χ1n) is 11.5. The number of aromatic nitrogens is 1. The number of nitrogens with zero attached hydrogens (tertiary/aromatic N) is 3. The number of carboxylic acid groups (broad SMARTS) is 1. The number of likely N-dealkylation sites (N-methyl/N-ethyl adjacent to an activating group) is 1. The Hall–Kier alpha value is -3.38. The number of carbonyl (C=O) groups excluding carboxylic acids is 1. The van der Waals surface area contributed by atoms with E-state index in [1.807, 2.05) is 6.07 Å². The number of rotatable bonds is 8. The summed E-state index contributed by atoms with van der Waals surface area (Å²) in [5.41, 5.74) is 7.65. The molecule has 1 aromatic carbocycles. The molecule has 1 aliphatic rings. The maximum absolute atomic E-state index is 13.4. The molecule has 0 fully saturated rings. The van der Waals surface area contributed by atoms with Crippen molar-refractivity contribution < 1.29 is 27.9 Å². The predicted octanol–water partition coefficient (Wildman–Crippen LogP) is 3.86. The molecule has 0 radical (unpaired) electrons. The van der Waals surface area contributed by atoms with Gasteiger partial charge in [-0.3, -0.25) is 9.78 Å². The molecule has 0 atom stereocenters. The zero-order valence-electron chi connectivity index (χ0n) is 20.4. The molecule has 1 aliphatic heterocycles. The van der Waals surface area contributed by atoms with Crippen LogP contribution in [0.3, 0.4) is 0 Å². The molecule has 0 aliphatic carbocycles. The molecule has 3 rings (SSSR count). The summed E-state index contributed by atoms with van der Waals surface area (Å²) in [5, 5.41) is 15.2. The number of pyridine rings is 1. The highest BCUT2D eigenvalue weighted by Crippen LogP contribution is 2.31. The van der Waals surface area contributed by atoms with Crippen LogP contribution in [0.25, 0.3) is 5.73 Å². The standard InChI is InChI=1S/C22H26F3N5O3.C2H6N/c1-26-9-11-29(14-19-17(22(23,24)25)5-3-8-27-19)20(31)12-28-18-6-2-4-15-13-30(21(32)33)10-7-16(15)18;1-2-3/h2-6,8,26,28H,7,9-14H2,1H3,(H,32,33);3H,2H2,1H3/q;-1. The fourth-order valence-corrected chi connectivity index (χ4v) is 3.76. The van der Waals surface area contributed by atoms with Gasteiger partial charge in [-0.05, 0) is 42.8 Å². The fraction of sp³-hybridized carbons (Fsp3) is 0.458. The first-order chi connectivity index (χ1) is 17.1. The minimum atomic E-state index is -4.56. The molecule has 9 nitrogen and oxygen atoms in total. The molecule has 198 valence electrons. The summed E-state index contributed by atoms with van der Waals surface area (Å²) >= 11 is 0. The van der Waals surface area contributed by atoms with Gasteiger partial charge in [-0.25, -0.2) is 4.79 Å². The number of anilines is 1. The van der Waals surface area contributed by atoms with Crippen molar-refractivity contribution >= 4 is 17.7 Å². The number of amides is 2. The van der Waals surface area contributed by atoms with Gasteiger partial charge >= 0.3 is 12.3 Å². The van der Waals surface area contributed by atoms with E-state index >= 15 is 0 Å². The van der Waals surface area contributed by atoms with Crippen molar-refractivity contribution in [1.29, 1.82) is 0 Å². The highest BCUT2D eigenvalue weighted by molar-refractivity contribution is 5.81. The molecule has 4 N–H and O–H groups in total. The molecule has 0 saturated heterocycles. The van der Waals surface area contributed by atoms with Crippen molar-refractivity contribution in [1.82, 2.24) is 20.1 Å². The summed E-state index contributed by atoms with van der Waals surface area (Å²) < 4.78 is 40.1. The summed E-state index contributed by atoms with van der Waals surface area (Å²) in [5.74, 6) is -0.371. The van der Waals surface area contributed by atoms with E-state index < -0.39 is 17.8 Å². The fourth-order valence-electron chi connectivity index (χ4n) is 3.76. The minimum absolute atomic E-state index is 0.114. The predicted molar refractivity (Wildman–Crippen MR) is 131 cm³/mol. The lowest BCUT2D eigenvalue weighted by molar-refractivity contribution is -0.140. The molecular weight excluding hydrogens is 477 g/mol. The number of benzene rings is 1. The maximum Gasteiger partial charge on any atom is 0.418 e. The van der Waals surface area contributed by atoms with E-state index in [4.69, 9.17) is 5.73 Å². The van der Waals surface area contributed by atoms with Gasteiger partial charge < -0.3 is 31.3 Å². The topological polar surface area (TPSA) is 122 Å². The molecule has 1 aromatic heterocycles. The van der Waals surface area contributed by atoms with Gasteiger partial charge in [0.15, 0.2) is 0 Å². The Morgan fingerprint density at radius 3 is 2.61 bits per heavy atom. The lowest BCUT2D eigenvalue weighted by Crippen LogP contribution is -2.40. The molecule has 12 heteroatoms. The third-order valence-electron chi connectivity index (χ3n) is 5.49. The van der Waals surface area contributed by atoms with Crippen molar-refractivity contribution in [3.63, 3.8) is 0 Å². The number of fused-ring (bicyclic) bond motifs is 1. The molecule has 2 aromatic rings. The zero-order valence-corrected chi connectivity index (χ0v) is 20.4. The third-order valence-corrected chi connectivity index (χ3v) is 5.49. The van der Waals surface area contributed by atoms with Crippen molar-refractivity contribution in [3.8, 4) is 0 Å². The first kappa shape index (κ1) is 28.9.